The second-order valence-corrected chi connectivity index (χ2v) is 6.83. The molecule has 2 aromatic heterocycles. The highest BCUT2D eigenvalue weighted by Gasteiger charge is 2.17. The first-order chi connectivity index (χ1) is 12.5. The van der Waals surface area contributed by atoms with E-state index in [1.54, 1.807) is 0 Å². The van der Waals surface area contributed by atoms with Crippen molar-refractivity contribution in [2.24, 2.45) is 0 Å². The van der Waals surface area contributed by atoms with Gasteiger partial charge in [0.05, 0.1) is 6.61 Å². The van der Waals surface area contributed by atoms with Crippen LogP contribution >= 0.6 is 0 Å². The third-order valence-corrected chi connectivity index (χ3v) is 4.87. The van der Waals surface area contributed by atoms with Crippen LogP contribution in [0.2, 0.25) is 0 Å². The van der Waals surface area contributed by atoms with E-state index in [4.69, 9.17) is 18.7 Å². The van der Waals surface area contributed by atoms with E-state index in [9.17, 15) is 4.79 Å². The molecule has 1 N–H and O–H groups in total. The van der Waals surface area contributed by atoms with Crippen molar-refractivity contribution in [2.45, 2.75) is 53.1 Å². The van der Waals surface area contributed by atoms with Crippen molar-refractivity contribution in [3.63, 3.8) is 0 Å². The van der Waals surface area contributed by atoms with Gasteiger partial charge in [-0.25, -0.2) is 4.79 Å². The number of unbranched alkanes of at least 4 members (excludes halogenated alkanes) is 3. The molecule has 0 radical (unpaired) electrons. The topological polar surface area (TPSA) is 72.8 Å². The Balaban J connectivity index is 1.85. The quantitative estimate of drug-likeness (QED) is 0.473. The first-order valence-corrected chi connectivity index (χ1v) is 9.17. The second-order valence-electron chi connectivity index (χ2n) is 6.83. The van der Waals surface area contributed by atoms with Crippen molar-refractivity contribution in [3.8, 4) is 0 Å². The summed E-state index contributed by atoms with van der Waals surface area (Å²) in [5.74, 6) is 0.832. The molecule has 0 aliphatic rings. The Morgan fingerprint density at radius 1 is 0.962 bits per heavy atom. The van der Waals surface area contributed by atoms with Gasteiger partial charge < -0.3 is 18.7 Å². The molecule has 0 fully saturated rings. The fourth-order valence-corrected chi connectivity index (χ4v) is 3.37. The SMILES string of the molecule is Cc1oc2c(C)c3oc(=O)cc(C)c3cc2c1COCCCCCCO. The number of fused-ring (bicyclic) bond motifs is 2. The monoisotopic (exact) mass is 358 g/mol. The summed E-state index contributed by atoms with van der Waals surface area (Å²) in [5.41, 5.74) is 3.79. The molecule has 0 saturated carbocycles. The first kappa shape index (κ1) is 18.7. The van der Waals surface area contributed by atoms with E-state index in [0.717, 1.165) is 64.5 Å². The Hall–Kier alpha value is -2.11. The van der Waals surface area contributed by atoms with Crippen LogP contribution in [-0.2, 0) is 11.3 Å². The number of rotatable bonds is 8. The van der Waals surface area contributed by atoms with Gasteiger partial charge >= 0.3 is 5.63 Å². The molecule has 5 nitrogen and oxygen atoms in total. The zero-order valence-electron chi connectivity index (χ0n) is 15.7. The zero-order chi connectivity index (χ0) is 18.7. The van der Waals surface area contributed by atoms with E-state index in [2.05, 4.69) is 0 Å². The lowest BCUT2D eigenvalue weighted by Crippen LogP contribution is -1.99. The van der Waals surface area contributed by atoms with Crippen LogP contribution < -0.4 is 5.63 Å². The van der Waals surface area contributed by atoms with Crippen LogP contribution in [0.15, 0.2) is 25.8 Å². The number of hydrogen-bond acceptors (Lipinski definition) is 5. The lowest BCUT2D eigenvalue weighted by atomic mass is 10.0. The molecule has 0 bridgehead atoms. The minimum absolute atomic E-state index is 0.258. The molecular formula is C21H26O5. The molecule has 0 atom stereocenters. The van der Waals surface area contributed by atoms with Gasteiger partial charge in [0.1, 0.15) is 16.9 Å². The van der Waals surface area contributed by atoms with Gasteiger partial charge in [-0.3, -0.25) is 0 Å². The molecule has 0 aliphatic heterocycles. The number of benzene rings is 1. The fraction of sp³-hybridized carbons (Fsp3) is 0.476. The fourth-order valence-electron chi connectivity index (χ4n) is 3.37. The summed E-state index contributed by atoms with van der Waals surface area (Å²) < 4.78 is 17.2. The van der Waals surface area contributed by atoms with Gasteiger partial charge in [0.2, 0.25) is 0 Å². The maximum Gasteiger partial charge on any atom is 0.336 e. The molecule has 0 spiro atoms. The van der Waals surface area contributed by atoms with Gasteiger partial charge in [0.15, 0.2) is 0 Å². The molecule has 0 aliphatic carbocycles. The number of aryl methyl sites for hydroxylation is 3. The van der Waals surface area contributed by atoms with Crippen molar-refractivity contribution in [1.82, 2.24) is 0 Å². The predicted molar refractivity (Wildman–Crippen MR) is 102 cm³/mol. The van der Waals surface area contributed by atoms with Crippen molar-refractivity contribution in [1.29, 1.82) is 0 Å². The minimum atomic E-state index is -0.342. The van der Waals surface area contributed by atoms with E-state index in [-0.39, 0.29) is 12.2 Å². The third-order valence-electron chi connectivity index (χ3n) is 4.87. The van der Waals surface area contributed by atoms with Gasteiger partial charge in [-0.15, -0.1) is 0 Å². The molecule has 5 heteroatoms. The van der Waals surface area contributed by atoms with Gasteiger partial charge in [-0.2, -0.15) is 0 Å². The highest BCUT2D eigenvalue weighted by atomic mass is 16.5. The van der Waals surface area contributed by atoms with Crippen molar-refractivity contribution in [2.75, 3.05) is 13.2 Å². The van der Waals surface area contributed by atoms with E-state index in [1.165, 1.54) is 6.07 Å². The maximum atomic E-state index is 11.7. The molecule has 0 saturated heterocycles. The first-order valence-electron chi connectivity index (χ1n) is 9.17. The molecule has 0 amide bonds. The van der Waals surface area contributed by atoms with E-state index in [0.29, 0.717) is 18.8 Å². The highest BCUT2D eigenvalue weighted by Crippen LogP contribution is 2.34. The number of ether oxygens (including phenoxy) is 1. The van der Waals surface area contributed by atoms with E-state index < -0.39 is 0 Å². The molecule has 3 aromatic rings. The predicted octanol–water partition coefficient (Wildman–Crippen LogP) is 4.53. The normalized spacial score (nSPS) is 11.7. The largest absolute Gasteiger partial charge is 0.461 e. The van der Waals surface area contributed by atoms with Crippen LogP contribution in [0.1, 0.15) is 48.1 Å². The van der Waals surface area contributed by atoms with Gasteiger partial charge in [-0.05, 0) is 45.2 Å². The number of aliphatic hydroxyl groups is 1. The molecule has 2 heterocycles. The van der Waals surface area contributed by atoms with Crippen LogP contribution in [0.3, 0.4) is 0 Å². The Morgan fingerprint density at radius 3 is 2.46 bits per heavy atom. The van der Waals surface area contributed by atoms with Crippen LogP contribution in [0.25, 0.3) is 21.9 Å². The Bertz CT molecular complexity index is 964. The van der Waals surface area contributed by atoms with Crippen molar-refractivity contribution in [3.05, 3.63) is 45.0 Å². The second kappa shape index (κ2) is 8.06. The number of hydrogen-bond donors (Lipinski definition) is 1. The molecular weight excluding hydrogens is 332 g/mol. The van der Waals surface area contributed by atoms with Crippen LogP contribution in [0.4, 0.5) is 0 Å². The lowest BCUT2D eigenvalue weighted by molar-refractivity contribution is 0.116. The molecule has 1 aromatic carbocycles. The summed E-state index contributed by atoms with van der Waals surface area (Å²) in [7, 11) is 0. The maximum absolute atomic E-state index is 11.7. The molecule has 26 heavy (non-hydrogen) atoms. The van der Waals surface area contributed by atoms with Crippen molar-refractivity contribution < 1.29 is 18.7 Å². The van der Waals surface area contributed by atoms with Crippen LogP contribution in [0, 0.1) is 20.8 Å². The number of aliphatic hydroxyl groups excluding tert-OH is 1. The average Bonchev–Trinajstić information content (AvgIpc) is 2.91. The number of furan rings is 1. The minimum Gasteiger partial charge on any atom is -0.461 e. The lowest BCUT2D eigenvalue weighted by Gasteiger charge is -2.06. The Labute approximate surface area is 152 Å². The van der Waals surface area contributed by atoms with Crippen LogP contribution in [-0.4, -0.2) is 18.3 Å². The summed E-state index contributed by atoms with van der Waals surface area (Å²) in [5, 5.41) is 10.7. The van der Waals surface area contributed by atoms with Gasteiger partial charge in [-0.1, -0.05) is 12.8 Å². The standard InChI is InChI=1S/C21H26O5/c1-13-10-19(23)26-20-14(2)21-17(11-16(13)20)18(15(3)25-21)12-24-9-7-5-4-6-8-22/h10-11,22H,4-9,12H2,1-3H3. The van der Waals surface area contributed by atoms with E-state index in [1.807, 2.05) is 26.8 Å². The molecule has 140 valence electrons. The summed E-state index contributed by atoms with van der Waals surface area (Å²) in [6, 6.07) is 3.55. The van der Waals surface area contributed by atoms with Crippen LogP contribution in [0.5, 0.6) is 0 Å². The third kappa shape index (κ3) is 3.69. The Morgan fingerprint density at radius 2 is 1.69 bits per heavy atom. The Kier molecular flexibility index (Phi) is 5.79. The molecule has 0 unspecified atom stereocenters. The van der Waals surface area contributed by atoms with Crippen molar-refractivity contribution >= 4 is 21.9 Å². The zero-order valence-corrected chi connectivity index (χ0v) is 15.7. The average molecular weight is 358 g/mol. The summed E-state index contributed by atoms with van der Waals surface area (Å²) >= 11 is 0. The van der Waals surface area contributed by atoms with Gasteiger partial charge in [0.25, 0.3) is 0 Å². The summed E-state index contributed by atoms with van der Waals surface area (Å²) in [6.07, 6.45) is 3.94. The highest BCUT2D eigenvalue weighted by molar-refractivity contribution is 5.99. The summed E-state index contributed by atoms with van der Waals surface area (Å²) in [6.45, 7) is 7.22. The van der Waals surface area contributed by atoms with E-state index >= 15 is 0 Å². The molecule has 3 rings (SSSR count). The summed E-state index contributed by atoms with van der Waals surface area (Å²) in [4.78, 5) is 11.7. The van der Waals surface area contributed by atoms with Gasteiger partial charge in [0, 0.05) is 41.2 Å². The smallest absolute Gasteiger partial charge is 0.336 e.